The van der Waals surface area contributed by atoms with Crippen molar-refractivity contribution < 1.29 is 35.7 Å². The summed E-state index contributed by atoms with van der Waals surface area (Å²) < 4.78 is 0. The first-order valence-electron chi connectivity index (χ1n) is 3.63. The Morgan fingerprint density at radius 1 is 0.846 bits per heavy atom. The third-order valence-corrected chi connectivity index (χ3v) is 1.62. The molecule has 0 amide bonds. The fourth-order valence-electron chi connectivity index (χ4n) is 0.791. The SMILES string of the molecule is CCCC(O)(O)C(O)(O)C(O)(O)O. The smallest absolute Gasteiger partial charge is 0.338 e. The van der Waals surface area contributed by atoms with Crippen LogP contribution >= 0.6 is 0 Å². The molecule has 80 valence electrons. The highest BCUT2D eigenvalue weighted by molar-refractivity contribution is 4.87. The lowest BCUT2D eigenvalue weighted by molar-refractivity contribution is -0.509. The van der Waals surface area contributed by atoms with Crippen LogP contribution in [-0.2, 0) is 0 Å². The summed E-state index contributed by atoms with van der Waals surface area (Å²) >= 11 is 0. The minimum absolute atomic E-state index is 0.131. The van der Waals surface area contributed by atoms with Gasteiger partial charge < -0.3 is 35.7 Å². The van der Waals surface area contributed by atoms with Gasteiger partial charge in [0.25, 0.3) is 0 Å². The predicted octanol–water partition coefficient (Wildman–Crippen LogP) is -3.22. The molecule has 13 heavy (non-hydrogen) atoms. The molecule has 0 fully saturated rings. The van der Waals surface area contributed by atoms with Gasteiger partial charge in [0.1, 0.15) is 0 Å². The van der Waals surface area contributed by atoms with Crippen molar-refractivity contribution >= 4 is 0 Å². The molecule has 0 saturated carbocycles. The summed E-state index contributed by atoms with van der Waals surface area (Å²) in [6.45, 7) is 1.49. The van der Waals surface area contributed by atoms with E-state index in [0.29, 0.717) is 0 Å². The first-order chi connectivity index (χ1) is 5.56. The van der Waals surface area contributed by atoms with Crippen LogP contribution in [0.1, 0.15) is 19.8 Å². The van der Waals surface area contributed by atoms with Gasteiger partial charge in [-0.1, -0.05) is 13.3 Å². The normalized spacial score (nSPS) is 14.8. The average Bonchev–Trinajstić information content (AvgIpc) is 1.84. The highest BCUT2D eigenvalue weighted by atomic mass is 16.7. The maximum Gasteiger partial charge on any atom is 0.338 e. The molecule has 7 N–H and O–H groups in total. The molecule has 0 aromatic rings. The van der Waals surface area contributed by atoms with Crippen LogP contribution in [0.15, 0.2) is 0 Å². The molecular formula is C6H14O7. The predicted molar refractivity (Wildman–Crippen MR) is 38.6 cm³/mol. The van der Waals surface area contributed by atoms with Crippen LogP contribution < -0.4 is 0 Å². The van der Waals surface area contributed by atoms with Crippen molar-refractivity contribution in [3.8, 4) is 0 Å². The first kappa shape index (κ1) is 12.7. The van der Waals surface area contributed by atoms with Gasteiger partial charge in [-0.05, 0) is 0 Å². The number of aliphatic hydroxyl groups is 7. The number of hydrogen-bond donors (Lipinski definition) is 7. The molecule has 7 heteroatoms. The minimum Gasteiger partial charge on any atom is -0.361 e. The second kappa shape index (κ2) is 3.46. The molecule has 0 radical (unpaired) electrons. The molecule has 0 heterocycles. The molecule has 0 aromatic heterocycles. The highest BCUT2D eigenvalue weighted by Crippen LogP contribution is 2.29. The zero-order valence-corrected chi connectivity index (χ0v) is 7.04. The molecular weight excluding hydrogens is 184 g/mol. The van der Waals surface area contributed by atoms with Crippen LogP contribution in [0.3, 0.4) is 0 Å². The Labute approximate surface area is 74.1 Å². The van der Waals surface area contributed by atoms with E-state index in [-0.39, 0.29) is 6.42 Å². The largest absolute Gasteiger partial charge is 0.361 e. The third-order valence-electron chi connectivity index (χ3n) is 1.62. The lowest BCUT2D eigenvalue weighted by atomic mass is 9.99. The maximum atomic E-state index is 8.95. The monoisotopic (exact) mass is 198 g/mol. The van der Waals surface area contributed by atoms with E-state index in [9.17, 15) is 0 Å². The van der Waals surface area contributed by atoms with Gasteiger partial charge in [0.2, 0.25) is 5.79 Å². The van der Waals surface area contributed by atoms with Crippen LogP contribution in [0.2, 0.25) is 0 Å². The lowest BCUT2D eigenvalue weighted by Crippen LogP contribution is -2.68. The van der Waals surface area contributed by atoms with Gasteiger partial charge in [-0.2, -0.15) is 0 Å². The molecule has 0 bridgehead atoms. The molecule has 0 aliphatic rings. The first-order valence-corrected chi connectivity index (χ1v) is 3.63. The number of rotatable bonds is 4. The molecule has 0 atom stereocenters. The van der Waals surface area contributed by atoms with E-state index in [4.69, 9.17) is 35.7 Å². The van der Waals surface area contributed by atoms with Crippen molar-refractivity contribution in [3.05, 3.63) is 0 Å². The quantitative estimate of drug-likeness (QED) is 0.235. The van der Waals surface area contributed by atoms with Crippen molar-refractivity contribution in [1.29, 1.82) is 0 Å². The summed E-state index contributed by atoms with van der Waals surface area (Å²) in [5.74, 6) is -11.1. The Balaban J connectivity index is 4.81. The van der Waals surface area contributed by atoms with Crippen molar-refractivity contribution in [2.24, 2.45) is 0 Å². The zero-order chi connectivity index (χ0) is 10.9. The standard InChI is InChI=1S/C6H14O7/c1-2-3-4(7,8)5(9,10)6(11,12)13/h7-13H,2-3H2,1H3. The topological polar surface area (TPSA) is 142 Å². The van der Waals surface area contributed by atoms with Crippen LogP contribution in [0.5, 0.6) is 0 Å². The Morgan fingerprint density at radius 3 is 1.46 bits per heavy atom. The van der Waals surface area contributed by atoms with Gasteiger partial charge in [0.15, 0.2) is 0 Å². The van der Waals surface area contributed by atoms with Crippen LogP contribution in [-0.4, -0.2) is 53.3 Å². The minimum atomic E-state index is -4.01. The average molecular weight is 198 g/mol. The zero-order valence-electron chi connectivity index (χ0n) is 7.04. The third kappa shape index (κ3) is 2.35. The summed E-state index contributed by atoms with van der Waals surface area (Å²) in [6.07, 6.45) is -0.421. The van der Waals surface area contributed by atoms with E-state index in [2.05, 4.69) is 0 Å². The van der Waals surface area contributed by atoms with E-state index in [1.807, 2.05) is 0 Å². The summed E-state index contributed by atoms with van der Waals surface area (Å²) in [7, 11) is 0. The summed E-state index contributed by atoms with van der Waals surface area (Å²) in [5, 5.41) is 60.7. The molecule has 0 saturated heterocycles. The van der Waals surface area contributed by atoms with E-state index in [0.717, 1.165) is 0 Å². The fourth-order valence-corrected chi connectivity index (χ4v) is 0.791. The van der Waals surface area contributed by atoms with Crippen molar-refractivity contribution in [2.45, 2.75) is 37.3 Å². The fraction of sp³-hybridized carbons (Fsp3) is 1.00. The molecule has 0 aliphatic carbocycles. The molecule has 0 aromatic carbocycles. The second-order valence-corrected chi connectivity index (χ2v) is 2.87. The van der Waals surface area contributed by atoms with E-state index < -0.39 is 24.0 Å². The van der Waals surface area contributed by atoms with E-state index >= 15 is 0 Å². The van der Waals surface area contributed by atoms with Gasteiger partial charge in [0, 0.05) is 6.42 Å². The summed E-state index contributed by atoms with van der Waals surface area (Å²) in [5.41, 5.74) is 0. The van der Waals surface area contributed by atoms with E-state index in [1.165, 1.54) is 6.92 Å². The van der Waals surface area contributed by atoms with Gasteiger partial charge in [-0.25, -0.2) is 0 Å². The highest BCUT2D eigenvalue weighted by Gasteiger charge is 2.60. The molecule has 0 aliphatic heterocycles. The molecule has 0 rings (SSSR count). The van der Waals surface area contributed by atoms with Gasteiger partial charge in [-0.3, -0.25) is 0 Å². The van der Waals surface area contributed by atoms with Crippen molar-refractivity contribution in [3.63, 3.8) is 0 Å². The van der Waals surface area contributed by atoms with Gasteiger partial charge in [0.05, 0.1) is 0 Å². The molecule has 7 nitrogen and oxygen atoms in total. The Morgan fingerprint density at radius 2 is 1.23 bits per heavy atom. The molecule has 0 unspecified atom stereocenters. The maximum absolute atomic E-state index is 8.95. The summed E-state index contributed by atoms with van der Waals surface area (Å²) in [4.78, 5) is 0. The van der Waals surface area contributed by atoms with E-state index in [1.54, 1.807) is 0 Å². The Kier molecular flexibility index (Phi) is 3.39. The second-order valence-electron chi connectivity index (χ2n) is 2.87. The van der Waals surface area contributed by atoms with Gasteiger partial charge >= 0.3 is 11.8 Å². The Hall–Kier alpha value is -0.280. The lowest BCUT2D eigenvalue weighted by Gasteiger charge is -2.39. The van der Waals surface area contributed by atoms with Crippen molar-refractivity contribution in [2.75, 3.05) is 0 Å². The van der Waals surface area contributed by atoms with Gasteiger partial charge in [-0.15, -0.1) is 0 Å². The van der Waals surface area contributed by atoms with Crippen LogP contribution in [0.25, 0.3) is 0 Å². The molecule has 0 spiro atoms. The van der Waals surface area contributed by atoms with Crippen LogP contribution in [0.4, 0.5) is 0 Å². The summed E-state index contributed by atoms with van der Waals surface area (Å²) in [6, 6.07) is 0. The van der Waals surface area contributed by atoms with Crippen LogP contribution in [0, 0.1) is 0 Å². The Bertz CT molecular complexity index is 168. The number of hydrogen-bond acceptors (Lipinski definition) is 7. The van der Waals surface area contributed by atoms with Crippen molar-refractivity contribution in [1.82, 2.24) is 0 Å².